The normalized spacial score (nSPS) is 14.3. The van der Waals surface area contributed by atoms with Gasteiger partial charge in [-0.25, -0.2) is 4.79 Å². The molecule has 36 heavy (non-hydrogen) atoms. The molecule has 0 saturated carbocycles. The highest BCUT2D eigenvalue weighted by atomic mass is 19.3. The van der Waals surface area contributed by atoms with Crippen LogP contribution < -0.4 is 9.64 Å². The average Bonchev–Trinajstić information content (AvgIpc) is 3.41. The monoisotopic (exact) mass is 496 g/mol. The van der Waals surface area contributed by atoms with Gasteiger partial charge in [-0.3, -0.25) is 9.59 Å². The molecular formula is C27H26F2N2O5. The van der Waals surface area contributed by atoms with E-state index in [1.54, 1.807) is 54.3 Å². The summed E-state index contributed by atoms with van der Waals surface area (Å²) in [6, 6.07) is 14.3. The first-order valence-corrected chi connectivity index (χ1v) is 11.6. The first kappa shape index (κ1) is 25.1. The van der Waals surface area contributed by atoms with Gasteiger partial charge in [0.1, 0.15) is 5.75 Å². The summed E-state index contributed by atoms with van der Waals surface area (Å²) in [5.41, 5.74) is 3.45. The molecule has 188 valence electrons. The van der Waals surface area contributed by atoms with Crippen LogP contribution in [-0.4, -0.2) is 41.5 Å². The standard InChI is InChI=1S/C27H26F2N2O5/c1-16-15-23(17(2)31(16)21-10-12-22(13-11-21)36-27(28)29)25(33)18(3)35-26(34)19-6-8-20(9-7-19)30-14-4-5-24(30)32/h6-13,15,18,27H,4-5,14H2,1-3H3. The largest absolute Gasteiger partial charge is 0.451 e. The van der Waals surface area contributed by atoms with Crippen molar-refractivity contribution in [3.8, 4) is 11.4 Å². The number of anilines is 1. The minimum Gasteiger partial charge on any atom is -0.451 e. The van der Waals surface area contributed by atoms with Crippen LogP contribution >= 0.6 is 0 Å². The molecule has 2 aromatic carbocycles. The molecule has 3 aromatic rings. The smallest absolute Gasteiger partial charge is 0.387 e. The molecule has 1 atom stereocenters. The number of Topliss-reactive ketones (excluding diaryl/α,β-unsaturated/α-hetero) is 1. The molecule has 1 aliphatic heterocycles. The number of aryl methyl sites for hydroxylation is 1. The van der Waals surface area contributed by atoms with Crippen molar-refractivity contribution in [3.05, 3.63) is 77.1 Å². The Balaban J connectivity index is 1.46. The minimum atomic E-state index is -2.91. The van der Waals surface area contributed by atoms with Gasteiger partial charge < -0.3 is 18.9 Å². The summed E-state index contributed by atoms with van der Waals surface area (Å²) in [5.74, 6) is -0.911. The molecule has 1 aliphatic rings. The predicted molar refractivity (Wildman–Crippen MR) is 129 cm³/mol. The number of esters is 1. The maximum absolute atomic E-state index is 13.1. The Hall–Kier alpha value is -4.01. The van der Waals surface area contributed by atoms with Crippen LogP contribution in [0, 0.1) is 13.8 Å². The van der Waals surface area contributed by atoms with E-state index in [1.165, 1.54) is 19.1 Å². The fraction of sp³-hybridized carbons (Fsp3) is 0.296. The summed E-state index contributed by atoms with van der Waals surface area (Å²) >= 11 is 0. The van der Waals surface area contributed by atoms with Crippen molar-refractivity contribution < 1.29 is 32.6 Å². The van der Waals surface area contributed by atoms with Crippen LogP contribution in [0.3, 0.4) is 0 Å². The SMILES string of the molecule is Cc1cc(C(=O)C(C)OC(=O)c2ccc(N3CCCC3=O)cc2)c(C)n1-c1ccc(OC(F)F)cc1. The number of ether oxygens (including phenoxy) is 2. The van der Waals surface area contributed by atoms with Gasteiger partial charge in [-0.1, -0.05) is 0 Å². The number of aromatic nitrogens is 1. The summed E-state index contributed by atoms with van der Waals surface area (Å²) in [7, 11) is 0. The minimum absolute atomic E-state index is 0.0353. The van der Waals surface area contributed by atoms with Gasteiger partial charge in [0.25, 0.3) is 0 Å². The van der Waals surface area contributed by atoms with Crippen molar-refractivity contribution in [2.75, 3.05) is 11.4 Å². The van der Waals surface area contributed by atoms with Crippen LogP contribution in [0.5, 0.6) is 5.75 Å². The Bertz CT molecular complexity index is 1280. The van der Waals surface area contributed by atoms with Gasteiger partial charge >= 0.3 is 12.6 Å². The highest BCUT2D eigenvalue weighted by Crippen LogP contribution is 2.26. The van der Waals surface area contributed by atoms with Crippen LogP contribution in [0.25, 0.3) is 5.69 Å². The summed E-state index contributed by atoms with van der Waals surface area (Å²) in [6.07, 6.45) is 0.289. The molecule has 1 unspecified atom stereocenters. The van der Waals surface area contributed by atoms with E-state index in [1.807, 2.05) is 11.5 Å². The Morgan fingerprint density at radius 3 is 2.19 bits per heavy atom. The summed E-state index contributed by atoms with van der Waals surface area (Å²) in [4.78, 5) is 39.4. The van der Waals surface area contributed by atoms with Gasteiger partial charge in [-0.2, -0.15) is 8.78 Å². The highest BCUT2D eigenvalue weighted by molar-refractivity contribution is 6.03. The number of carbonyl (C=O) groups excluding carboxylic acids is 3. The summed E-state index contributed by atoms with van der Waals surface area (Å²) in [6.45, 7) is 2.83. The van der Waals surface area contributed by atoms with E-state index in [9.17, 15) is 23.2 Å². The number of hydrogen-bond donors (Lipinski definition) is 0. The average molecular weight is 497 g/mol. The topological polar surface area (TPSA) is 77.8 Å². The molecule has 1 fully saturated rings. The van der Waals surface area contributed by atoms with Crippen molar-refractivity contribution in [2.45, 2.75) is 46.3 Å². The van der Waals surface area contributed by atoms with E-state index in [-0.39, 0.29) is 23.0 Å². The molecular weight excluding hydrogens is 470 g/mol. The lowest BCUT2D eigenvalue weighted by atomic mass is 10.1. The highest BCUT2D eigenvalue weighted by Gasteiger charge is 2.26. The molecule has 0 N–H and O–H groups in total. The van der Waals surface area contributed by atoms with Crippen LogP contribution in [0.15, 0.2) is 54.6 Å². The van der Waals surface area contributed by atoms with Gasteiger partial charge in [0.15, 0.2) is 6.10 Å². The van der Waals surface area contributed by atoms with Gasteiger partial charge in [0.2, 0.25) is 11.7 Å². The van der Waals surface area contributed by atoms with E-state index in [0.29, 0.717) is 29.9 Å². The van der Waals surface area contributed by atoms with Crippen LogP contribution in [0.4, 0.5) is 14.5 Å². The number of benzene rings is 2. The van der Waals surface area contributed by atoms with Gasteiger partial charge in [0, 0.05) is 41.3 Å². The third-order valence-corrected chi connectivity index (χ3v) is 6.16. The molecule has 1 aromatic heterocycles. The second-order valence-corrected chi connectivity index (χ2v) is 8.60. The van der Waals surface area contributed by atoms with Gasteiger partial charge in [-0.15, -0.1) is 0 Å². The summed E-state index contributed by atoms with van der Waals surface area (Å²) < 4.78 is 36.5. The maximum atomic E-state index is 13.1. The van der Waals surface area contributed by atoms with E-state index >= 15 is 0 Å². The van der Waals surface area contributed by atoms with E-state index in [0.717, 1.165) is 17.8 Å². The number of carbonyl (C=O) groups is 3. The lowest BCUT2D eigenvalue weighted by Crippen LogP contribution is -2.25. The zero-order valence-corrected chi connectivity index (χ0v) is 20.2. The van der Waals surface area contributed by atoms with Crippen LogP contribution in [0.1, 0.15) is 51.9 Å². The number of nitrogens with zero attached hydrogens (tertiary/aromatic N) is 2. The molecule has 0 aliphatic carbocycles. The van der Waals surface area contributed by atoms with E-state index in [4.69, 9.17) is 4.74 Å². The van der Waals surface area contributed by atoms with Crippen molar-refractivity contribution >= 4 is 23.3 Å². The number of rotatable bonds is 8. The number of ketones is 1. The fourth-order valence-electron chi connectivity index (χ4n) is 4.39. The van der Waals surface area contributed by atoms with Crippen LogP contribution in [0.2, 0.25) is 0 Å². The van der Waals surface area contributed by atoms with E-state index in [2.05, 4.69) is 4.74 Å². The van der Waals surface area contributed by atoms with E-state index < -0.39 is 18.7 Å². The Morgan fingerprint density at radius 1 is 0.972 bits per heavy atom. The molecule has 0 radical (unpaired) electrons. The molecule has 4 rings (SSSR count). The number of alkyl halides is 2. The number of amides is 1. The predicted octanol–water partition coefficient (Wildman–Crippen LogP) is 5.25. The van der Waals surface area contributed by atoms with Crippen molar-refractivity contribution in [1.82, 2.24) is 4.57 Å². The third kappa shape index (κ3) is 5.15. The first-order chi connectivity index (χ1) is 17.2. The van der Waals surface area contributed by atoms with Crippen LogP contribution in [-0.2, 0) is 9.53 Å². The Kier molecular flexibility index (Phi) is 7.19. The Morgan fingerprint density at radius 2 is 1.61 bits per heavy atom. The zero-order chi connectivity index (χ0) is 26.0. The number of halogens is 2. The molecule has 1 amide bonds. The maximum Gasteiger partial charge on any atom is 0.387 e. The van der Waals surface area contributed by atoms with Crippen molar-refractivity contribution in [2.24, 2.45) is 0 Å². The lowest BCUT2D eigenvalue weighted by molar-refractivity contribution is -0.117. The third-order valence-electron chi connectivity index (χ3n) is 6.16. The zero-order valence-electron chi connectivity index (χ0n) is 20.2. The quantitative estimate of drug-likeness (QED) is 0.314. The molecule has 2 heterocycles. The summed E-state index contributed by atoms with van der Waals surface area (Å²) in [5, 5.41) is 0. The van der Waals surface area contributed by atoms with Crippen molar-refractivity contribution in [3.63, 3.8) is 0 Å². The lowest BCUT2D eigenvalue weighted by Gasteiger charge is -2.16. The first-order valence-electron chi connectivity index (χ1n) is 11.6. The second-order valence-electron chi connectivity index (χ2n) is 8.60. The molecule has 0 bridgehead atoms. The van der Waals surface area contributed by atoms with Crippen molar-refractivity contribution in [1.29, 1.82) is 0 Å². The van der Waals surface area contributed by atoms with Gasteiger partial charge in [0.05, 0.1) is 5.56 Å². The van der Waals surface area contributed by atoms with Gasteiger partial charge in [-0.05, 0) is 81.8 Å². The molecule has 9 heteroatoms. The molecule has 0 spiro atoms. The fourth-order valence-corrected chi connectivity index (χ4v) is 4.39. The molecule has 1 saturated heterocycles. The Labute approximate surface area is 207 Å². The second kappa shape index (κ2) is 10.3. The molecule has 7 nitrogen and oxygen atoms in total. The number of hydrogen-bond acceptors (Lipinski definition) is 5.